The van der Waals surface area contributed by atoms with Crippen molar-refractivity contribution in [2.24, 2.45) is 0 Å². The summed E-state index contributed by atoms with van der Waals surface area (Å²) in [4.78, 5) is 14.2. The number of nitrogens with zero attached hydrogens (tertiary/aromatic N) is 7. The maximum Gasteiger partial charge on any atom is 0.257 e. The lowest BCUT2D eigenvalue weighted by molar-refractivity contribution is 0.402. The second-order valence-corrected chi connectivity index (χ2v) is 10.4. The largest absolute Gasteiger partial charge is 0.431 e. The van der Waals surface area contributed by atoms with Gasteiger partial charge in [-0.2, -0.15) is 5.10 Å². The summed E-state index contributed by atoms with van der Waals surface area (Å²) in [5.74, 6) is 2.12. The third-order valence-corrected chi connectivity index (χ3v) is 7.82. The quantitative estimate of drug-likeness (QED) is 0.232. The fourth-order valence-corrected chi connectivity index (χ4v) is 5.93. The van der Waals surface area contributed by atoms with Gasteiger partial charge in [-0.25, -0.2) is 24.1 Å². The molecular formula is C30H21N7O2S. The van der Waals surface area contributed by atoms with Crippen LogP contribution in [0.1, 0.15) is 34.1 Å². The van der Waals surface area contributed by atoms with Crippen LogP contribution in [0.3, 0.4) is 0 Å². The van der Waals surface area contributed by atoms with Gasteiger partial charge in [0.05, 0.1) is 34.2 Å². The number of benzene rings is 3. The van der Waals surface area contributed by atoms with Crippen molar-refractivity contribution in [2.75, 3.05) is 0 Å². The minimum Gasteiger partial charge on any atom is -0.431 e. The molecule has 10 heteroatoms. The number of para-hydroxylation sites is 3. The van der Waals surface area contributed by atoms with Crippen LogP contribution in [-0.2, 0) is 5.75 Å². The Balaban J connectivity index is 1.24. The number of fused-ring (bicyclic) bond motifs is 5. The molecular weight excluding hydrogens is 522 g/mol. The number of aryl methyl sites for hydroxylation is 1. The Morgan fingerprint density at radius 3 is 2.45 bits per heavy atom. The normalized spacial score (nSPS) is 14.3. The van der Waals surface area contributed by atoms with Crippen LogP contribution in [0.4, 0.5) is 0 Å². The average molecular weight is 544 g/mol. The Hall–Kier alpha value is -4.96. The number of hydrogen-bond acceptors (Lipinski definition) is 8. The van der Waals surface area contributed by atoms with E-state index in [0.29, 0.717) is 34.2 Å². The van der Waals surface area contributed by atoms with Gasteiger partial charge < -0.3 is 9.15 Å². The summed E-state index contributed by atoms with van der Waals surface area (Å²) in [7, 11) is 0. The molecule has 194 valence electrons. The zero-order valence-electron chi connectivity index (χ0n) is 21.3. The molecule has 0 bridgehead atoms. The van der Waals surface area contributed by atoms with Crippen LogP contribution in [0.5, 0.6) is 11.8 Å². The number of aromatic nitrogens is 7. The van der Waals surface area contributed by atoms with Crippen LogP contribution in [0.25, 0.3) is 22.4 Å². The molecule has 40 heavy (non-hydrogen) atoms. The van der Waals surface area contributed by atoms with Gasteiger partial charge in [-0.3, -0.25) is 0 Å². The van der Waals surface area contributed by atoms with Crippen molar-refractivity contribution in [3.05, 3.63) is 119 Å². The third-order valence-electron chi connectivity index (χ3n) is 7.00. The molecule has 0 N–H and O–H groups in total. The lowest BCUT2D eigenvalue weighted by Gasteiger charge is -2.26. The molecule has 0 amide bonds. The first kappa shape index (κ1) is 23.0. The maximum atomic E-state index is 6.49. The van der Waals surface area contributed by atoms with Crippen LogP contribution < -0.4 is 4.74 Å². The summed E-state index contributed by atoms with van der Waals surface area (Å²) in [5, 5.41) is 10.2. The van der Waals surface area contributed by atoms with Crippen molar-refractivity contribution in [3.8, 4) is 17.4 Å². The molecule has 0 aliphatic carbocycles. The molecule has 1 aliphatic rings. The monoisotopic (exact) mass is 543 g/mol. The highest BCUT2D eigenvalue weighted by atomic mass is 32.2. The molecule has 0 unspecified atom stereocenters. The molecule has 5 heterocycles. The van der Waals surface area contributed by atoms with E-state index in [4.69, 9.17) is 24.3 Å². The molecule has 8 rings (SSSR count). The van der Waals surface area contributed by atoms with Gasteiger partial charge in [-0.05, 0) is 36.8 Å². The van der Waals surface area contributed by atoms with Crippen LogP contribution in [0.15, 0.2) is 101 Å². The molecule has 7 aromatic rings. The van der Waals surface area contributed by atoms with Crippen molar-refractivity contribution in [3.63, 3.8) is 0 Å². The van der Waals surface area contributed by atoms with Gasteiger partial charge in [-0.15, -0.1) is 5.10 Å². The van der Waals surface area contributed by atoms with E-state index in [1.54, 1.807) is 10.8 Å². The first-order valence-corrected chi connectivity index (χ1v) is 13.8. The van der Waals surface area contributed by atoms with Gasteiger partial charge in [-0.1, -0.05) is 72.4 Å². The molecule has 0 saturated carbocycles. The summed E-state index contributed by atoms with van der Waals surface area (Å²) in [5.41, 5.74) is 7.04. The van der Waals surface area contributed by atoms with E-state index in [-0.39, 0.29) is 5.92 Å². The van der Waals surface area contributed by atoms with Gasteiger partial charge in [0, 0.05) is 0 Å². The van der Waals surface area contributed by atoms with E-state index in [9.17, 15) is 0 Å². The number of thioether (sulfide) groups is 1. The Bertz CT molecular complexity index is 1980. The SMILES string of the molecule is Cc1nn(-c2ccccc2)c2c1[C@H](c1ccccc1)c1c(ncn3nc(CSc4nc5ccccc5o4)nc13)O2. The first-order chi connectivity index (χ1) is 19.7. The van der Waals surface area contributed by atoms with E-state index >= 15 is 0 Å². The summed E-state index contributed by atoms with van der Waals surface area (Å²) in [6.45, 7) is 2.02. The van der Waals surface area contributed by atoms with Gasteiger partial charge in [0.2, 0.25) is 11.8 Å². The van der Waals surface area contributed by atoms with Gasteiger partial charge in [0.1, 0.15) is 11.8 Å². The molecule has 0 saturated heterocycles. The second kappa shape index (κ2) is 9.06. The van der Waals surface area contributed by atoms with E-state index in [0.717, 1.165) is 39.2 Å². The standard InChI is InChI=1S/C30H21N7O2S/c1-18-24-25(19-10-4-2-5-11-19)26-27-33-23(16-40-30-32-21-14-8-9-15-22(21)38-30)35-36(27)17-31-28(26)39-29(24)37(34-18)20-12-6-3-7-13-20/h2-15,17,25H,16H2,1H3/t25-/m0/s1. The van der Waals surface area contributed by atoms with Crippen molar-refractivity contribution in [1.82, 2.24) is 34.3 Å². The fraction of sp³-hybridized carbons (Fsp3) is 0.100. The minimum atomic E-state index is -0.185. The Morgan fingerprint density at radius 1 is 0.850 bits per heavy atom. The second-order valence-electron chi connectivity index (χ2n) is 9.49. The van der Waals surface area contributed by atoms with Crippen LogP contribution in [0, 0.1) is 6.92 Å². The summed E-state index contributed by atoms with van der Waals surface area (Å²) >= 11 is 1.46. The van der Waals surface area contributed by atoms with Crippen molar-refractivity contribution < 1.29 is 9.15 Å². The van der Waals surface area contributed by atoms with Crippen molar-refractivity contribution in [1.29, 1.82) is 0 Å². The van der Waals surface area contributed by atoms with E-state index in [2.05, 4.69) is 22.1 Å². The van der Waals surface area contributed by atoms with Gasteiger partial charge in [0.25, 0.3) is 5.22 Å². The molecule has 0 fully saturated rings. The molecule has 0 radical (unpaired) electrons. The van der Waals surface area contributed by atoms with Crippen molar-refractivity contribution >= 4 is 28.5 Å². The van der Waals surface area contributed by atoms with Gasteiger partial charge in [0.15, 0.2) is 17.1 Å². The molecule has 4 aromatic heterocycles. The summed E-state index contributed by atoms with van der Waals surface area (Å²) in [6.07, 6.45) is 1.65. The Morgan fingerprint density at radius 2 is 1.62 bits per heavy atom. The predicted octanol–water partition coefficient (Wildman–Crippen LogP) is 6.34. The van der Waals surface area contributed by atoms with E-state index in [1.807, 2.05) is 84.4 Å². The topological polar surface area (TPSA) is 96.2 Å². The fourth-order valence-electron chi connectivity index (χ4n) is 5.25. The Kier molecular flexibility index (Phi) is 5.20. The minimum absolute atomic E-state index is 0.185. The highest BCUT2D eigenvalue weighted by Crippen LogP contribution is 2.49. The summed E-state index contributed by atoms with van der Waals surface area (Å²) in [6, 6.07) is 28.0. The third kappa shape index (κ3) is 3.68. The zero-order valence-corrected chi connectivity index (χ0v) is 22.1. The molecule has 0 spiro atoms. The van der Waals surface area contributed by atoms with E-state index in [1.165, 1.54) is 11.8 Å². The van der Waals surface area contributed by atoms with Crippen LogP contribution >= 0.6 is 11.8 Å². The van der Waals surface area contributed by atoms with E-state index < -0.39 is 0 Å². The predicted molar refractivity (Wildman–Crippen MR) is 150 cm³/mol. The van der Waals surface area contributed by atoms with Gasteiger partial charge >= 0.3 is 0 Å². The number of rotatable bonds is 5. The molecule has 1 atom stereocenters. The first-order valence-electron chi connectivity index (χ1n) is 12.8. The number of ether oxygens (including phenoxy) is 1. The van der Waals surface area contributed by atoms with Crippen LogP contribution in [-0.4, -0.2) is 34.3 Å². The highest BCUT2D eigenvalue weighted by molar-refractivity contribution is 7.98. The smallest absolute Gasteiger partial charge is 0.257 e. The number of oxazole rings is 1. The highest BCUT2D eigenvalue weighted by Gasteiger charge is 2.38. The van der Waals surface area contributed by atoms with Crippen molar-refractivity contribution in [2.45, 2.75) is 23.8 Å². The lowest BCUT2D eigenvalue weighted by atomic mass is 9.84. The number of hydrogen-bond donors (Lipinski definition) is 0. The summed E-state index contributed by atoms with van der Waals surface area (Å²) < 4.78 is 15.9. The van der Waals surface area contributed by atoms with Crippen LogP contribution in [0.2, 0.25) is 0 Å². The average Bonchev–Trinajstić information content (AvgIpc) is 3.70. The lowest BCUT2D eigenvalue weighted by Crippen LogP contribution is -2.16. The Labute approximate surface area is 232 Å². The molecule has 1 aliphatic heterocycles. The molecule has 9 nitrogen and oxygen atoms in total. The molecule has 3 aromatic carbocycles. The zero-order chi connectivity index (χ0) is 26.6. The maximum absolute atomic E-state index is 6.49.